The highest BCUT2D eigenvalue weighted by molar-refractivity contribution is 7.89. The van der Waals surface area contributed by atoms with Gasteiger partial charge < -0.3 is 20.3 Å². The second kappa shape index (κ2) is 10.4. The van der Waals surface area contributed by atoms with Crippen LogP contribution >= 0.6 is 0 Å². The number of hydrogen-bond acceptors (Lipinski definition) is 5. The maximum absolute atomic E-state index is 12.4. The summed E-state index contributed by atoms with van der Waals surface area (Å²) in [5.41, 5.74) is 0.881. The minimum absolute atomic E-state index is 0.247. The van der Waals surface area contributed by atoms with Crippen LogP contribution in [0.4, 0.5) is 0 Å². The lowest BCUT2D eigenvalue weighted by atomic mass is 10.1. The number of aliphatic imine (C=N–C) groups is 1. The van der Waals surface area contributed by atoms with E-state index in [1.165, 1.54) is 20.0 Å². The van der Waals surface area contributed by atoms with Crippen LogP contribution in [-0.2, 0) is 21.3 Å². The number of guanidine groups is 1. The molecule has 0 bridgehead atoms. The van der Waals surface area contributed by atoms with Crippen LogP contribution in [0, 0.1) is 0 Å². The van der Waals surface area contributed by atoms with Crippen LogP contribution in [0.1, 0.15) is 31.2 Å². The highest BCUT2D eigenvalue weighted by Crippen LogP contribution is 2.29. The lowest BCUT2D eigenvalue weighted by Gasteiger charge is -2.33. The quantitative estimate of drug-likeness (QED) is 0.310. The molecule has 1 saturated heterocycles. The maximum Gasteiger partial charge on any atom is 0.240 e. The summed E-state index contributed by atoms with van der Waals surface area (Å²) in [6, 6.07) is 8.20. The van der Waals surface area contributed by atoms with Crippen LogP contribution in [0.3, 0.4) is 0 Å². The number of ether oxygens (including phenoxy) is 1. The van der Waals surface area contributed by atoms with Crippen molar-refractivity contribution in [1.82, 2.24) is 20.3 Å². The Balaban J connectivity index is 1.49. The number of sulfonamides is 1. The zero-order valence-corrected chi connectivity index (χ0v) is 18.2. The molecule has 0 aromatic heterocycles. The largest absolute Gasteiger partial charge is 0.383 e. The maximum atomic E-state index is 12.4. The molecular formula is C20H33N5O3S. The van der Waals surface area contributed by atoms with Crippen molar-refractivity contribution in [2.45, 2.75) is 49.2 Å². The summed E-state index contributed by atoms with van der Waals surface area (Å²) in [7, 11) is -0.239. The number of benzene rings is 1. The highest BCUT2D eigenvalue weighted by atomic mass is 32.2. The topological polar surface area (TPSA) is 95.1 Å². The van der Waals surface area contributed by atoms with Gasteiger partial charge in [0.15, 0.2) is 5.96 Å². The fraction of sp³-hybridized carbons (Fsp3) is 0.650. The molecule has 29 heavy (non-hydrogen) atoms. The van der Waals surface area contributed by atoms with Crippen molar-refractivity contribution < 1.29 is 13.2 Å². The number of likely N-dealkylation sites (tertiary alicyclic amines) is 1. The molecule has 0 atom stereocenters. The van der Waals surface area contributed by atoms with Gasteiger partial charge in [-0.1, -0.05) is 12.1 Å². The van der Waals surface area contributed by atoms with Crippen molar-refractivity contribution in [3.8, 4) is 0 Å². The third-order valence-corrected chi connectivity index (χ3v) is 6.88. The first-order valence-electron chi connectivity index (χ1n) is 10.3. The van der Waals surface area contributed by atoms with Gasteiger partial charge >= 0.3 is 0 Å². The van der Waals surface area contributed by atoms with E-state index in [1.54, 1.807) is 25.2 Å². The van der Waals surface area contributed by atoms with Crippen LogP contribution in [0.15, 0.2) is 34.2 Å². The number of hydrogen-bond donors (Lipinski definition) is 3. The Kier molecular flexibility index (Phi) is 7.88. The van der Waals surface area contributed by atoms with Crippen molar-refractivity contribution in [3.63, 3.8) is 0 Å². The molecular weight excluding hydrogens is 390 g/mol. The Hall–Kier alpha value is -1.68. The van der Waals surface area contributed by atoms with Gasteiger partial charge in [-0.3, -0.25) is 4.99 Å². The van der Waals surface area contributed by atoms with E-state index < -0.39 is 10.0 Å². The molecule has 3 rings (SSSR count). The molecule has 1 aromatic carbocycles. The molecule has 0 radical (unpaired) electrons. The first-order valence-corrected chi connectivity index (χ1v) is 11.8. The van der Waals surface area contributed by atoms with Gasteiger partial charge in [0.25, 0.3) is 0 Å². The third-order valence-electron chi connectivity index (χ3n) is 5.42. The molecule has 0 amide bonds. The average molecular weight is 424 g/mol. The number of piperidine rings is 1. The van der Waals surface area contributed by atoms with Gasteiger partial charge in [0.1, 0.15) is 0 Å². The molecule has 0 unspecified atom stereocenters. The van der Waals surface area contributed by atoms with E-state index in [9.17, 15) is 8.42 Å². The highest BCUT2D eigenvalue weighted by Gasteiger charge is 2.31. The van der Waals surface area contributed by atoms with Gasteiger partial charge in [-0.25, -0.2) is 13.1 Å². The van der Waals surface area contributed by atoms with Crippen LogP contribution < -0.4 is 15.4 Å². The summed E-state index contributed by atoms with van der Waals surface area (Å²) in [5, 5.41) is 6.80. The molecule has 1 aromatic rings. The first kappa shape index (κ1) is 22.0. The standard InChI is InChI=1S/C20H33N5O3S/c1-21-20(24-17-8-11-25(12-9-17)18-6-7-18)22-15-16-4-3-5-19(14-16)29(26,27)23-10-13-28-2/h3-5,14,17-18,23H,6-13,15H2,1-2H3,(H2,21,22,24). The van der Waals surface area contributed by atoms with E-state index in [2.05, 4.69) is 25.2 Å². The average Bonchev–Trinajstić information content (AvgIpc) is 3.57. The minimum Gasteiger partial charge on any atom is -0.383 e. The second-order valence-electron chi connectivity index (χ2n) is 7.65. The van der Waals surface area contributed by atoms with E-state index in [-0.39, 0.29) is 11.4 Å². The molecule has 1 aliphatic heterocycles. The summed E-state index contributed by atoms with van der Waals surface area (Å²) in [4.78, 5) is 7.17. The predicted molar refractivity (Wildman–Crippen MR) is 114 cm³/mol. The zero-order valence-electron chi connectivity index (χ0n) is 17.4. The number of nitrogens with one attached hydrogen (secondary N) is 3. The van der Waals surface area contributed by atoms with Gasteiger partial charge in [-0.2, -0.15) is 0 Å². The van der Waals surface area contributed by atoms with Crippen molar-refractivity contribution in [2.75, 3.05) is 40.4 Å². The fourth-order valence-electron chi connectivity index (χ4n) is 3.61. The summed E-state index contributed by atoms with van der Waals surface area (Å²) >= 11 is 0. The molecule has 9 heteroatoms. The lowest BCUT2D eigenvalue weighted by molar-refractivity contribution is 0.197. The van der Waals surface area contributed by atoms with Gasteiger partial charge in [-0.05, 0) is 43.4 Å². The molecule has 1 aliphatic carbocycles. The van der Waals surface area contributed by atoms with E-state index in [4.69, 9.17) is 4.74 Å². The van der Waals surface area contributed by atoms with Crippen LogP contribution in [0.5, 0.6) is 0 Å². The summed E-state index contributed by atoms with van der Waals surface area (Å²) in [6.45, 7) is 3.38. The molecule has 0 spiro atoms. The SMILES string of the molecule is CN=C(NCc1cccc(S(=O)(=O)NCCOC)c1)NC1CCN(C2CC2)CC1. The number of nitrogens with zero attached hydrogens (tertiary/aromatic N) is 2. The number of rotatable bonds is 9. The normalized spacial score (nSPS) is 19.3. The summed E-state index contributed by atoms with van der Waals surface area (Å²) < 4.78 is 32.2. The van der Waals surface area contributed by atoms with Gasteiger partial charge in [0.05, 0.1) is 11.5 Å². The van der Waals surface area contributed by atoms with Crippen LogP contribution in [0.25, 0.3) is 0 Å². The Bertz CT molecular complexity index is 787. The van der Waals surface area contributed by atoms with Gasteiger partial charge in [-0.15, -0.1) is 0 Å². The second-order valence-corrected chi connectivity index (χ2v) is 9.42. The van der Waals surface area contributed by atoms with E-state index >= 15 is 0 Å². The summed E-state index contributed by atoms with van der Waals surface area (Å²) in [5.74, 6) is 0.751. The number of methoxy groups -OCH3 is 1. The monoisotopic (exact) mass is 423 g/mol. The molecule has 1 saturated carbocycles. The Morgan fingerprint density at radius 1 is 1.24 bits per heavy atom. The molecule has 3 N–H and O–H groups in total. The zero-order chi connectivity index (χ0) is 20.7. The minimum atomic E-state index is -3.54. The van der Waals surface area contributed by atoms with Crippen LogP contribution in [-0.4, -0.2) is 71.8 Å². The molecule has 8 nitrogen and oxygen atoms in total. The predicted octanol–water partition coefficient (Wildman–Crippen LogP) is 0.903. The van der Waals surface area contributed by atoms with Crippen molar-refractivity contribution in [2.24, 2.45) is 4.99 Å². The van der Waals surface area contributed by atoms with Gasteiger partial charge in [0, 0.05) is 52.4 Å². The van der Waals surface area contributed by atoms with Crippen molar-refractivity contribution in [1.29, 1.82) is 0 Å². The lowest BCUT2D eigenvalue weighted by Crippen LogP contribution is -2.48. The van der Waals surface area contributed by atoms with Gasteiger partial charge in [0.2, 0.25) is 10.0 Å². The fourth-order valence-corrected chi connectivity index (χ4v) is 4.69. The first-order chi connectivity index (χ1) is 14.0. The van der Waals surface area contributed by atoms with Crippen LogP contribution in [0.2, 0.25) is 0 Å². The molecule has 2 fully saturated rings. The Morgan fingerprint density at radius 2 is 2.00 bits per heavy atom. The summed E-state index contributed by atoms with van der Waals surface area (Å²) in [6.07, 6.45) is 4.96. The molecule has 162 valence electrons. The third kappa shape index (κ3) is 6.67. The molecule has 1 heterocycles. The Labute approximate surface area is 174 Å². The van der Waals surface area contributed by atoms with E-state index in [0.717, 1.165) is 43.5 Å². The smallest absolute Gasteiger partial charge is 0.240 e. The van der Waals surface area contributed by atoms with Crippen molar-refractivity contribution in [3.05, 3.63) is 29.8 Å². The van der Waals surface area contributed by atoms with E-state index in [0.29, 0.717) is 19.2 Å². The Morgan fingerprint density at radius 3 is 2.66 bits per heavy atom. The molecule has 2 aliphatic rings. The van der Waals surface area contributed by atoms with Crippen molar-refractivity contribution >= 4 is 16.0 Å². The van der Waals surface area contributed by atoms with E-state index in [1.807, 2.05) is 6.07 Å².